The number of ether oxygens (including phenoxy) is 1. The summed E-state index contributed by atoms with van der Waals surface area (Å²) in [7, 11) is 0. The Labute approximate surface area is 217 Å². The zero-order valence-corrected chi connectivity index (χ0v) is 21.6. The molecule has 1 fully saturated rings. The van der Waals surface area contributed by atoms with Crippen molar-refractivity contribution in [2.24, 2.45) is 0 Å². The van der Waals surface area contributed by atoms with Crippen LogP contribution in [0.15, 0.2) is 42.5 Å². The molecule has 1 aromatic heterocycles. The first-order valence-electron chi connectivity index (χ1n) is 10.7. The number of aryl methyl sites for hydroxylation is 1. The second kappa shape index (κ2) is 10.6. The fourth-order valence-electron chi connectivity index (χ4n) is 3.80. The lowest BCUT2D eigenvalue weighted by molar-refractivity contribution is 0.0595. The Balaban J connectivity index is 1.70. The molecule has 178 valence electrons. The van der Waals surface area contributed by atoms with E-state index in [1.807, 2.05) is 13.8 Å². The average molecular weight is 539 g/mol. The second-order valence-electron chi connectivity index (χ2n) is 7.76. The first kappa shape index (κ1) is 24.9. The van der Waals surface area contributed by atoms with Crippen molar-refractivity contribution in [1.82, 2.24) is 9.88 Å². The number of thiazole rings is 1. The number of rotatable bonds is 6. The highest BCUT2D eigenvalue weighted by atomic mass is 35.5. The van der Waals surface area contributed by atoms with Gasteiger partial charge in [0, 0.05) is 34.6 Å². The predicted octanol–water partition coefficient (Wildman–Crippen LogP) is 6.64. The topological polar surface area (TPSA) is 62.7 Å². The number of nitrogens with zero attached hydrogens (tertiary/aromatic N) is 3. The Morgan fingerprint density at radius 1 is 1.15 bits per heavy atom. The summed E-state index contributed by atoms with van der Waals surface area (Å²) in [5, 5.41) is 1.54. The van der Waals surface area contributed by atoms with Crippen LogP contribution >= 0.6 is 46.1 Å². The minimum atomic E-state index is -0.394. The maximum atomic E-state index is 13.6. The van der Waals surface area contributed by atoms with Gasteiger partial charge in [-0.1, -0.05) is 34.8 Å². The zero-order chi connectivity index (χ0) is 24.4. The first-order valence-corrected chi connectivity index (χ1v) is 12.7. The van der Waals surface area contributed by atoms with E-state index in [0.29, 0.717) is 51.1 Å². The van der Waals surface area contributed by atoms with E-state index in [1.54, 1.807) is 41.3 Å². The molecule has 1 atom stereocenters. The molecule has 0 N–H and O–H groups in total. The number of benzene rings is 2. The summed E-state index contributed by atoms with van der Waals surface area (Å²) in [6.45, 7) is 5.51. The largest absolute Gasteiger partial charge is 0.377 e. The molecule has 1 unspecified atom stereocenters. The molecule has 1 aliphatic rings. The number of aromatic nitrogens is 1. The first-order chi connectivity index (χ1) is 16.3. The van der Waals surface area contributed by atoms with Crippen LogP contribution in [0.2, 0.25) is 15.1 Å². The average Bonchev–Trinajstić information content (AvgIpc) is 3.42. The second-order valence-corrected chi connectivity index (χ2v) is 10.2. The van der Waals surface area contributed by atoms with Crippen molar-refractivity contribution >= 4 is 68.8 Å². The summed E-state index contributed by atoms with van der Waals surface area (Å²) in [5.41, 5.74) is 1.14. The smallest absolute Gasteiger partial charge is 0.273 e. The van der Waals surface area contributed by atoms with Crippen LogP contribution in [0, 0.1) is 6.92 Å². The molecule has 0 spiro atoms. The van der Waals surface area contributed by atoms with Crippen LogP contribution < -0.4 is 4.90 Å². The van der Waals surface area contributed by atoms with Gasteiger partial charge >= 0.3 is 0 Å². The lowest BCUT2D eigenvalue weighted by Gasteiger charge is -2.21. The highest BCUT2D eigenvalue weighted by Gasteiger charge is 2.32. The van der Waals surface area contributed by atoms with Crippen molar-refractivity contribution < 1.29 is 14.3 Å². The predicted molar refractivity (Wildman–Crippen MR) is 137 cm³/mol. The summed E-state index contributed by atoms with van der Waals surface area (Å²) in [5.74, 6) is -0.565. The van der Waals surface area contributed by atoms with E-state index in [0.717, 1.165) is 6.42 Å². The molecule has 0 radical (unpaired) electrons. The molecule has 0 bridgehead atoms. The molecule has 1 saturated heterocycles. The normalized spacial score (nSPS) is 15.6. The molecule has 6 nitrogen and oxygen atoms in total. The Hall–Kier alpha value is -2.16. The third-order valence-corrected chi connectivity index (χ3v) is 7.22. The Morgan fingerprint density at radius 2 is 1.85 bits per heavy atom. The maximum absolute atomic E-state index is 13.6. The van der Waals surface area contributed by atoms with Crippen molar-refractivity contribution in [3.8, 4) is 0 Å². The molecular formula is C24H22Cl3N3O3S. The standard InChI is InChI=1S/C24H22Cl3N3O3S/c1-3-33-18-10-11-29(13-18)23(32)21-14(2)34-24(28-21)30(17-7-4-15(25)5-8-17)22(31)19-9-6-16(26)12-20(19)27/h4-9,12,18H,3,10-11,13H2,1-2H3. The Kier molecular flexibility index (Phi) is 7.80. The van der Waals surface area contributed by atoms with Gasteiger partial charge in [0.1, 0.15) is 5.69 Å². The van der Waals surface area contributed by atoms with Crippen molar-refractivity contribution in [2.75, 3.05) is 24.6 Å². The SMILES string of the molecule is CCOC1CCN(C(=O)c2nc(N(C(=O)c3ccc(Cl)cc3Cl)c3ccc(Cl)cc3)sc2C)C1. The number of anilines is 2. The molecule has 2 amide bonds. The molecule has 3 aromatic rings. The fourth-order valence-corrected chi connectivity index (χ4v) is 5.33. The number of halogens is 3. The quantitative estimate of drug-likeness (QED) is 0.353. The molecule has 0 saturated carbocycles. The van der Waals surface area contributed by atoms with Crippen molar-refractivity contribution in [3.05, 3.63) is 73.7 Å². The van der Waals surface area contributed by atoms with Crippen molar-refractivity contribution in [1.29, 1.82) is 0 Å². The molecule has 0 aliphatic carbocycles. The summed E-state index contributed by atoms with van der Waals surface area (Å²) in [6, 6.07) is 11.5. The molecular weight excluding hydrogens is 517 g/mol. The van der Waals surface area contributed by atoms with E-state index in [2.05, 4.69) is 4.98 Å². The van der Waals surface area contributed by atoms with E-state index in [9.17, 15) is 9.59 Å². The van der Waals surface area contributed by atoms with Crippen LogP contribution in [-0.4, -0.2) is 47.5 Å². The van der Waals surface area contributed by atoms with E-state index in [-0.39, 0.29) is 22.6 Å². The van der Waals surface area contributed by atoms with E-state index < -0.39 is 5.91 Å². The van der Waals surface area contributed by atoms with Gasteiger partial charge in [-0.25, -0.2) is 4.98 Å². The van der Waals surface area contributed by atoms with Crippen LogP contribution in [0.5, 0.6) is 0 Å². The monoisotopic (exact) mass is 537 g/mol. The highest BCUT2D eigenvalue weighted by molar-refractivity contribution is 7.16. The summed E-state index contributed by atoms with van der Waals surface area (Å²) in [4.78, 5) is 35.4. The molecule has 34 heavy (non-hydrogen) atoms. The minimum absolute atomic E-state index is 0.0338. The van der Waals surface area contributed by atoms with Gasteiger partial charge in [0.2, 0.25) is 0 Å². The van der Waals surface area contributed by atoms with Gasteiger partial charge in [-0.15, -0.1) is 11.3 Å². The lowest BCUT2D eigenvalue weighted by Crippen LogP contribution is -2.31. The molecule has 10 heteroatoms. The van der Waals surface area contributed by atoms with Gasteiger partial charge in [0.05, 0.1) is 22.4 Å². The van der Waals surface area contributed by atoms with Crippen LogP contribution in [0.3, 0.4) is 0 Å². The van der Waals surface area contributed by atoms with Crippen LogP contribution in [0.1, 0.15) is 39.1 Å². The number of amides is 2. The third-order valence-electron chi connectivity index (χ3n) is 5.46. The maximum Gasteiger partial charge on any atom is 0.273 e. The lowest BCUT2D eigenvalue weighted by atomic mass is 10.2. The number of likely N-dealkylation sites (tertiary alicyclic amines) is 1. The Morgan fingerprint density at radius 3 is 2.53 bits per heavy atom. The van der Waals surface area contributed by atoms with E-state index >= 15 is 0 Å². The summed E-state index contributed by atoms with van der Waals surface area (Å²) in [6.07, 6.45) is 0.826. The molecule has 2 heterocycles. The number of carbonyl (C=O) groups excluding carboxylic acids is 2. The van der Waals surface area contributed by atoms with Gasteiger partial charge < -0.3 is 9.64 Å². The van der Waals surface area contributed by atoms with Gasteiger partial charge in [0.25, 0.3) is 11.8 Å². The van der Waals surface area contributed by atoms with Crippen LogP contribution in [0.25, 0.3) is 0 Å². The fraction of sp³-hybridized carbons (Fsp3) is 0.292. The van der Waals surface area contributed by atoms with Gasteiger partial charge in [-0.3, -0.25) is 14.5 Å². The van der Waals surface area contributed by atoms with Crippen molar-refractivity contribution in [3.63, 3.8) is 0 Å². The summed E-state index contributed by atoms with van der Waals surface area (Å²) >= 11 is 19.7. The van der Waals surface area contributed by atoms with Crippen LogP contribution in [-0.2, 0) is 4.74 Å². The number of carbonyl (C=O) groups is 2. The van der Waals surface area contributed by atoms with Gasteiger partial charge in [-0.2, -0.15) is 0 Å². The molecule has 1 aliphatic heterocycles. The van der Waals surface area contributed by atoms with Gasteiger partial charge in [0.15, 0.2) is 5.13 Å². The zero-order valence-electron chi connectivity index (χ0n) is 18.6. The molecule has 4 rings (SSSR count). The Bertz CT molecular complexity index is 1220. The number of hydrogen-bond donors (Lipinski definition) is 0. The van der Waals surface area contributed by atoms with Gasteiger partial charge in [-0.05, 0) is 62.7 Å². The van der Waals surface area contributed by atoms with E-state index in [4.69, 9.17) is 39.5 Å². The summed E-state index contributed by atoms with van der Waals surface area (Å²) < 4.78 is 5.66. The third kappa shape index (κ3) is 5.24. The van der Waals surface area contributed by atoms with Crippen molar-refractivity contribution in [2.45, 2.75) is 26.4 Å². The number of hydrogen-bond acceptors (Lipinski definition) is 5. The van der Waals surface area contributed by atoms with Crippen LogP contribution in [0.4, 0.5) is 10.8 Å². The van der Waals surface area contributed by atoms with E-state index in [1.165, 1.54) is 22.3 Å². The molecule has 2 aromatic carbocycles. The minimum Gasteiger partial charge on any atom is -0.377 e. The highest BCUT2D eigenvalue weighted by Crippen LogP contribution is 2.35.